The zero-order chi connectivity index (χ0) is 27.3. The maximum Gasteiger partial charge on any atom is 0.266 e. The molecule has 1 N–H and O–H groups in total. The molecule has 38 heavy (non-hydrogen) atoms. The van der Waals surface area contributed by atoms with Crippen molar-refractivity contribution in [1.82, 2.24) is 0 Å². The van der Waals surface area contributed by atoms with Crippen molar-refractivity contribution in [2.24, 2.45) is 0 Å². The molecule has 0 spiro atoms. The van der Waals surface area contributed by atoms with Gasteiger partial charge < -0.3 is 29.0 Å². The van der Waals surface area contributed by atoms with E-state index in [1.807, 2.05) is 37.3 Å². The van der Waals surface area contributed by atoms with Crippen molar-refractivity contribution < 1.29 is 28.5 Å². The molecule has 0 radical (unpaired) electrons. The molecule has 0 fully saturated rings. The fourth-order valence-electron chi connectivity index (χ4n) is 3.38. The van der Waals surface area contributed by atoms with E-state index in [9.17, 15) is 10.1 Å². The Bertz CT molecular complexity index is 1300. The lowest BCUT2D eigenvalue weighted by Gasteiger charge is -2.14. The number of carbonyl (C=O) groups excluding carboxylic acids is 1. The van der Waals surface area contributed by atoms with Crippen molar-refractivity contribution in [1.29, 1.82) is 5.26 Å². The molecular weight excluding hydrogens is 508 g/mol. The van der Waals surface area contributed by atoms with E-state index in [1.165, 1.54) is 13.2 Å². The Kier molecular flexibility index (Phi) is 10.8. The third-order valence-corrected chi connectivity index (χ3v) is 5.61. The van der Waals surface area contributed by atoms with Crippen LogP contribution in [0.1, 0.15) is 11.1 Å². The van der Waals surface area contributed by atoms with Crippen LogP contribution in [0.5, 0.6) is 23.0 Å². The highest BCUT2D eigenvalue weighted by Gasteiger charge is 2.14. The normalized spacial score (nSPS) is 10.9. The van der Waals surface area contributed by atoms with E-state index in [-0.39, 0.29) is 17.2 Å². The SMILES string of the molecule is COc1ccc(NC(=O)/C(C#N)=C/c2cc(Cl)c(OCCOCCOc3ccccc3C)c(OC)c2)cc1. The summed E-state index contributed by atoms with van der Waals surface area (Å²) < 4.78 is 27.6. The number of anilines is 1. The van der Waals surface area contributed by atoms with E-state index in [1.54, 1.807) is 43.5 Å². The van der Waals surface area contributed by atoms with E-state index < -0.39 is 5.91 Å². The Morgan fingerprint density at radius 1 is 0.947 bits per heavy atom. The van der Waals surface area contributed by atoms with Crippen molar-refractivity contribution in [2.45, 2.75) is 6.92 Å². The van der Waals surface area contributed by atoms with Gasteiger partial charge in [-0.15, -0.1) is 0 Å². The molecule has 0 unspecified atom stereocenters. The number of hydrogen-bond donors (Lipinski definition) is 1. The van der Waals surface area contributed by atoms with Crippen LogP contribution in [0.3, 0.4) is 0 Å². The van der Waals surface area contributed by atoms with Crippen LogP contribution < -0.4 is 24.3 Å². The number of halogens is 1. The van der Waals surface area contributed by atoms with Crippen molar-refractivity contribution >= 4 is 29.3 Å². The highest BCUT2D eigenvalue weighted by molar-refractivity contribution is 6.32. The summed E-state index contributed by atoms with van der Waals surface area (Å²) in [7, 11) is 3.03. The molecule has 3 rings (SSSR count). The second kappa shape index (κ2) is 14.5. The van der Waals surface area contributed by atoms with E-state index in [4.69, 9.17) is 35.3 Å². The third kappa shape index (κ3) is 8.17. The molecule has 0 atom stereocenters. The Labute approximate surface area is 227 Å². The maximum atomic E-state index is 12.6. The van der Waals surface area contributed by atoms with E-state index >= 15 is 0 Å². The number of aryl methyl sites for hydroxylation is 1. The lowest BCUT2D eigenvalue weighted by molar-refractivity contribution is -0.112. The summed E-state index contributed by atoms with van der Waals surface area (Å²) in [6, 6.07) is 19.7. The number of nitrogens with one attached hydrogen (secondary N) is 1. The van der Waals surface area contributed by atoms with Crippen LogP contribution in [-0.4, -0.2) is 46.6 Å². The highest BCUT2D eigenvalue weighted by Crippen LogP contribution is 2.37. The minimum Gasteiger partial charge on any atom is -0.497 e. The Hall–Kier alpha value is -4.19. The molecule has 0 aliphatic rings. The van der Waals surface area contributed by atoms with Crippen LogP contribution >= 0.6 is 11.6 Å². The summed E-state index contributed by atoms with van der Waals surface area (Å²) in [6.45, 7) is 3.37. The van der Waals surface area contributed by atoms with Crippen LogP contribution in [0.2, 0.25) is 5.02 Å². The van der Waals surface area contributed by atoms with Gasteiger partial charge in [0.2, 0.25) is 0 Å². The summed E-state index contributed by atoms with van der Waals surface area (Å²) in [4.78, 5) is 12.6. The number of rotatable bonds is 13. The molecule has 0 aliphatic carbocycles. The predicted molar refractivity (Wildman–Crippen MR) is 146 cm³/mol. The van der Waals surface area contributed by atoms with Gasteiger partial charge in [0.05, 0.1) is 32.5 Å². The smallest absolute Gasteiger partial charge is 0.266 e. The topological polar surface area (TPSA) is 99.0 Å². The first-order chi connectivity index (χ1) is 18.4. The first-order valence-electron chi connectivity index (χ1n) is 11.8. The highest BCUT2D eigenvalue weighted by atomic mass is 35.5. The molecule has 3 aromatic rings. The molecule has 8 nitrogen and oxygen atoms in total. The average molecular weight is 537 g/mol. The Morgan fingerprint density at radius 2 is 1.66 bits per heavy atom. The van der Waals surface area contributed by atoms with Gasteiger partial charge >= 0.3 is 0 Å². The lowest BCUT2D eigenvalue weighted by atomic mass is 10.1. The van der Waals surface area contributed by atoms with Crippen molar-refractivity contribution in [3.8, 4) is 29.1 Å². The minimum absolute atomic E-state index is 0.103. The molecule has 0 aliphatic heterocycles. The Balaban J connectivity index is 1.55. The van der Waals surface area contributed by atoms with Crippen LogP contribution in [0.25, 0.3) is 6.08 Å². The predicted octanol–water partition coefficient (Wildman–Crippen LogP) is 5.69. The van der Waals surface area contributed by atoms with Crippen LogP contribution in [-0.2, 0) is 9.53 Å². The second-order valence-corrected chi connectivity index (χ2v) is 8.37. The number of benzene rings is 3. The van der Waals surface area contributed by atoms with E-state index in [0.29, 0.717) is 48.3 Å². The summed E-state index contributed by atoms with van der Waals surface area (Å²) in [5, 5.41) is 12.5. The fourth-order valence-corrected chi connectivity index (χ4v) is 3.66. The monoisotopic (exact) mass is 536 g/mol. The van der Waals surface area contributed by atoms with Gasteiger partial charge in [-0.25, -0.2) is 0 Å². The number of nitrogens with zero attached hydrogens (tertiary/aromatic N) is 1. The molecular formula is C29H29ClN2O6. The lowest BCUT2D eigenvalue weighted by Crippen LogP contribution is -2.13. The largest absolute Gasteiger partial charge is 0.497 e. The van der Waals surface area contributed by atoms with Gasteiger partial charge in [0.25, 0.3) is 5.91 Å². The van der Waals surface area contributed by atoms with Crippen LogP contribution in [0.4, 0.5) is 5.69 Å². The van der Waals surface area contributed by atoms with Gasteiger partial charge in [0.15, 0.2) is 11.5 Å². The molecule has 0 bridgehead atoms. The molecule has 0 heterocycles. The fraction of sp³-hybridized carbons (Fsp3) is 0.241. The van der Waals surface area contributed by atoms with Gasteiger partial charge in [-0.05, 0) is 66.6 Å². The van der Waals surface area contributed by atoms with Crippen LogP contribution in [0.15, 0.2) is 66.2 Å². The zero-order valence-electron chi connectivity index (χ0n) is 21.5. The molecule has 0 saturated carbocycles. The van der Waals surface area contributed by atoms with E-state index in [2.05, 4.69) is 5.32 Å². The summed E-state index contributed by atoms with van der Waals surface area (Å²) in [6.07, 6.45) is 1.43. The van der Waals surface area contributed by atoms with Gasteiger partial charge in [-0.2, -0.15) is 5.26 Å². The zero-order valence-corrected chi connectivity index (χ0v) is 22.2. The number of ether oxygens (including phenoxy) is 5. The van der Waals surface area contributed by atoms with Gasteiger partial charge in [-0.3, -0.25) is 4.79 Å². The molecule has 198 valence electrons. The van der Waals surface area contributed by atoms with Crippen molar-refractivity contribution in [3.05, 3.63) is 82.4 Å². The average Bonchev–Trinajstić information content (AvgIpc) is 2.93. The van der Waals surface area contributed by atoms with Gasteiger partial charge in [0.1, 0.15) is 36.4 Å². The van der Waals surface area contributed by atoms with Crippen LogP contribution in [0, 0.1) is 18.3 Å². The van der Waals surface area contributed by atoms with E-state index in [0.717, 1.165) is 11.3 Å². The quantitative estimate of drug-likeness (QED) is 0.170. The van der Waals surface area contributed by atoms with Crippen molar-refractivity contribution in [2.75, 3.05) is 46.0 Å². The Morgan fingerprint density at radius 3 is 2.32 bits per heavy atom. The molecule has 0 saturated heterocycles. The van der Waals surface area contributed by atoms with Gasteiger partial charge in [-0.1, -0.05) is 29.8 Å². The molecule has 3 aromatic carbocycles. The first kappa shape index (κ1) is 28.4. The summed E-state index contributed by atoms with van der Waals surface area (Å²) >= 11 is 6.43. The molecule has 1 amide bonds. The number of amides is 1. The third-order valence-electron chi connectivity index (χ3n) is 5.33. The standard InChI is InChI=1S/C29H29ClN2O6/c1-20-6-4-5-7-26(20)37-14-12-36-13-15-38-28-25(30)17-21(18-27(28)35-3)16-22(19-31)29(33)32-23-8-10-24(34-2)11-9-23/h4-11,16-18H,12-15H2,1-3H3,(H,32,33)/b22-16+. The number of hydrogen-bond acceptors (Lipinski definition) is 7. The number of nitriles is 1. The van der Waals surface area contributed by atoms with Gasteiger partial charge in [0, 0.05) is 5.69 Å². The minimum atomic E-state index is -0.559. The second-order valence-electron chi connectivity index (χ2n) is 7.96. The molecule has 9 heteroatoms. The molecule has 0 aromatic heterocycles. The number of carbonyl (C=O) groups is 1. The number of methoxy groups -OCH3 is 2. The summed E-state index contributed by atoms with van der Waals surface area (Å²) in [5.74, 6) is 1.63. The number of para-hydroxylation sites is 1. The maximum absolute atomic E-state index is 12.6. The van der Waals surface area contributed by atoms with Crippen molar-refractivity contribution in [3.63, 3.8) is 0 Å². The first-order valence-corrected chi connectivity index (χ1v) is 12.2. The summed E-state index contributed by atoms with van der Waals surface area (Å²) in [5.41, 5.74) is 2.00.